The molecule has 2 rings (SSSR count). The molecule has 4 heteroatoms. The number of nitrogens with zero attached hydrogens (tertiary/aromatic N) is 1. The number of guanidine groups is 1. The van der Waals surface area contributed by atoms with Crippen LogP contribution in [0.25, 0.3) is 0 Å². The van der Waals surface area contributed by atoms with E-state index in [0.717, 1.165) is 31.2 Å². The zero-order valence-electron chi connectivity index (χ0n) is 11.1. The smallest absolute Gasteiger partial charge is 0.191 e. The van der Waals surface area contributed by atoms with Crippen molar-refractivity contribution in [2.75, 3.05) is 13.1 Å². The standard InChI is InChI=1S/C14H23N3O/c1-2-15-14(17-12-6-3-4-7-12)16-10-9-13-8-5-11-18-13/h5,8,11-12H,2-4,6-7,9-10H2,1H3,(H2,15,16,17). The molecule has 18 heavy (non-hydrogen) atoms. The summed E-state index contributed by atoms with van der Waals surface area (Å²) in [7, 11) is 0. The van der Waals surface area contributed by atoms with Crippen LogP contribution in [0.1, 0.15) is 38.4 Å². The molecule has 100 valence electrons. The number of hydrogen-bond acceptors (Lipinski definition) is 2. The third-order valence-electron chi connectivity index (χ3n) is 3.25. The lowest BCUT2D eigenvalue weighted by molar-refractivity contribution is 0.510. The Balaban J connectivity index is 1.79. The van der Waals surface area contributed by atoms with Crippen molar-refractivity contribution in [1.82, 2.24) is 10.6 Å². The first-order chi connectivity index (χ1) is 8.88. The zero-order valence-corrected chi connectivity index (χ0v) is 11.1. The second-order valence-electron chi connectivity index (χ2n) is 4.72. The van der Waals surface area contributed by atoms with E-state index >= 15 is 0 Å². The molecular formula is C14H23N3O. The Labute approximate surface area is 109 Å². The summed E-state index contributed by atoms with van der Waals surface area (Å²) < 4.78 is 5.30. The highest BCUT2D eigenvalue weighted by Gasteiger charge is 2.15. The Kier molecular flexibility index (Phi) is 5.12. The molecule has 4 nitrogen and oxygen atoms in total. The normalized spacial score (nSPS) is 17.1. The second kappa shape index (κ2) is 7.09. The summed E-state index contributed by atoms with van der Waals surface area (Å²) in [5.74, 6) is 1.94. The molecule has 0 saturated heterocycles. The number of hydrogen-bond donors (Lipinski definition) is 2. The molecule has 0 aliphatic heterocycles. The molecule has 0 amide bonds. The topological polar surface area (TPSA) is 49.6 Å². The minimum absolute atomic E-state index is 0.603. The maximum atomic E-state index is 5.30. The third kappa shape index (κ3) is 4.09. The summed E-state index contributed by atoms with van der Waals surface area (Å²) in [6.07, 6.45) is 7.77. The molecular weight excluding hydrogens is 226 g/mol. The van der Waals surface area contributed by atoms with Crippen molar-refractivity contribution < 1.29 is 4.42 Å². The quantitative estimate of drug-likeness (QED) is 0.622. The first kappa shape index (κ1) is 13.0. The van der Waals surface area contributed by atoms with Gasteiger partial charge in [-0.05, 0) is 31.9 Å². The predicted molar refractivity (Wildman–Crippen MR) is 73.8 cm³/mol. The van der Waals surface area contributed by atoms with Gasteiger partial charge in [0.2, 0.25) is 0 Å². The van der Waals surface area contributed by atoms with Crippen molar-refractivity contribution in [2.45, 2.75) is 45.1 Å². The SMILES string of the molecule is CCNC(=NCCc1ccco1)NC1CCCC1. The lowest BCUT2D eigenvalue weighted by atomic mass is 10.2. The van der Waals surface area contributed by atoms with Gasteiger partial charge in [-0.25, -0.2) is 0 Å². The molecule has 0 radical (unpaired) electrons. The Morgan fingerprint density at radius 1 is 1.44 bits per heavy atom. The fraction of sp³-hybridized carbons (Fsp3) is 0.643. The molecule has 2 N–H and O–H groups in total. The van der Waals surface area contributed by atoms with E-state index in [1.165, 1.54) is 25.7 Å². The molecule has 1 aliphatic carbocycles. The van der Waals surface area contributed by atoms with E-state index in [0.29, 0.717) is 6.04 Å². The minimum Gasteiger partial charge on any atom is -0.469 e. The Bertz CT molecular complexity index is 353. The lowest BCUT2D eigenvalue weighted by Gasteiger charge is -2.16. The summed E-state index contributed by atoms with van der Waals surface area (Å²) in [4.78, 5) is 4.59. The van der Waals surface area contributed by atoms with Gasteiger partial charge >= 0.3 is 0 Å². The molecule has 0 atom stereocenters. The third-order valence-corrected chi connectivity index (χ3v) is 3.25. The van der Waals surface area contributed by atoms with E-state index in [-0.39, 0.29) is 0 Å². The van der Waals surface area contributed by atoms with E-state index in [2.05, 4.69) is 22.5 Å². The van der Waals surface area contributed by atoms with Crippen LogP contribution >= 0.6 is 0 Å². The predicted octanol–water partition coefficient (Wildman–Crippen LogP) is 2.32. The molecule has 1 aliphatic rings. The van der Waals surface area contributed by atoms with Crippen LogP contribution in [0, 0.1) is 0 Å². The maximum absolute atomic E-state index is 5.30. The minimum atomic E-state index is 0.603. The Hall–Kier alpha value is -1.45. The average molecular weight is 249 g/mol. The van der Waals surface area contributed by atoms with Crippen molar-refractivity contribution in [1.29, 1.82) is 0 Å². The molecule has 1 heterocycles. The first-order valence-electron chi connectivity index (χ1n) is 6.95. The van der Waals surface area contributed by atoms with Crippen LogP contribution in [0.4, 0.5) is 0 Å². The van der Waals surface area contributed by atoms with Gasteiger partial charge in [0.05, 0.1) is 6.26 Å². The van der Waals surface area contributed by atoms with Crippen LogP contribution in [-0.2, 0) is 6.42 Å². The van der Waals surface area contributed by atoms with Gasteiger partial charge in [-0.3, -0.25) is 4.99 Å². The summed E-state index contributed by atoms with van der Waals surface area (Å²) in [6.45, 7) is 3.76. The van der Waals surface area contributed by atoms with Crippen LogP contribution in [0.2, 0.25) is 0 Å². The summed E-state index contributed by atoms with van der Waals surface area (Å²) in [6, 6.07) is 4.51. The van der Waals surface area contributed by atoms with Gasteiger partial charge in [-0.15, -0.1) is 0 Å². The largest absolute Gasteiger partial charge is 0.469 e. The average Bonchev–Trinajstić information content (AvgIpc) is 3.02. The molecule has 0 unspecified atom stereocenters. The van der Waals surface area contributed by atoms with Crippen LogP contribution in [0.15, 0.2) is 27.8 Å². The van der Waals surface area contributed by atoms with Crippen molar-refractivity contribution in [3.63, 3.8) is 0 Å². The molecule has 0 aromatic carbocycles. The highest BCUT2D eigenvalue weighted by atomic mass is 16.3. The van der Waals surface area contributed by atoms with Gasteiger partial charge in [0.15, 0.2) is 5.96 Å². The lowest BCUT2D eigenvalue weighted by Crippen LogP contribution is -2.42. The van der Waals surface area contributed by atoms with Gasteiger partial charge in [0, 0.05) is 25.6 Å². The monoisotopic (exact) mass is 249 g/mol. The Morgan fingerprint density at radius 2 is 2.28 bits per heavy atom. The van der Waals surface area contributed by atoms with Gasteiger partial charge in [0.1, 0.15) is 5.76 Å². The fourth-order valence-electron chi connectivity index (χ4n) is 2.32. The van der Waals surface area contributed by atoms with Crippen molar-refractivity contribution in [2.24, 2.45) is 4.99 Å². The Morgan fingerprint density at radius 3 is 2.94 bits per heavy atom. The van der Waals surface area contributed by atoms with Crippen LogP contribution in [-0.4, -0.2) is 25.1 Å². The van der Waals surface area contributed by atoms with Crippen LogP contribution in [0.5, 0.6) is 0 Å². The van der Waals surface area contributed by atoms with Gasteiger partial charge < -0.3 is 15.1 Å². The second-order valence-corrected chi connectivity index (χ2v) is 4.72. The first-order valence-corrected chi connectivity index (χ1v) is 6.95. The molecule has 1 fully saturated rings. The fourth-order valence-corrected chi connectivity index (χ4v) is 2.32. The zero-order chi connectivity index (χ0) is 12.6. The van der Waals surface area contributed by atoms with Crippen LogP contribution in [0.3, 0.4) is 0 Å². The molecule has 0 spiro atoms. The highest BCUT2D eigenvalue weighted by Crippen LogP contribution is 2.17. The van der Waals surface area contributed by atoms with Gasteiger partial charge in [-0.1, -0.05) is 12.8 Å². The molecule has 1 aromatic rings. The van der Waals surface area contributed by atoms with Crippen molar-refractivity contribution in [3.05, 3.63) is 24.2 Å². The highest BCUT2D eigenvalue weighted by molar-refractivity contribution is 5.80. The van der Waals surface area contributed by atoms with Gasteiger partial charge in [-0.2, -0.15) is 0 Å². The summed E-state index contributed by atoms with van der Waals surface area (Å²) in [5, 5.41) is 6.80. The summed E-state index contributed by atoms with van der Waals surface area (Å²) in [5.41, 5.74) is 0. The van der Waals surface area contributed by atoms with Crippen molar-refractivity contribution in [3.8, 4) is 0 Å². The van der Waals surface area contributed by atoms with E-state index in [1.807, 2.05) is 12.1 Å². The van der Waals surface area contributed by atoms with Crippen molar-refractivity contribution >= 4 is 5.96 Å². The number of furan rings is 1. The van der Waals surface area contributed by atoms with Gasteiger partial charge in [0.25, 0.3) is 0 Å². The van der Waals surface area contributed by atoms with E-state index in [4.69, 9.17) is 4.42 Å². The number of nitrogens with one attached hydrogen (secondary N) is 2. The number of rotatable bonds is 5. The van der Waals surface area contributed by atoms with Crippen LogP contribution < -0.4 is 10.6 Å². The number of aliphatic imine (C=N–C) groups is 1. The van der Waals surface area contributed by atoms with E-state index in [9.17, 15) is 0 Å². The molecule has 0 bridgehead atoms. The maximum Gasteiger partial charge on any atom is 0.191 e. The molecule has 1 saturated carbocycles. The summed E-state index contributed by atoms with van der Waals surface area (Å²) >= 11 is 0. The van der Waals surface area contributed by atoms with E-state index in [1.54, 1.807) is 6.26 Å². The molecule has 1 aromatic heterocycles. The van der Waals surface area contributed by atoms with E-state index < -0.39 is 0 Å².